The van der Waals surface area contributed by atoms with Crippen molar-refractivity contribution in [1.82, 2.24) is 0 Å². The second-order valence-electron chi connectivity index (χ2n) is 11.0. The van der Waals surface area contributed by atoms with Crippen molar-refractivity contribution in [3.8, 4) is 22.3 Å². The molecule has 0 aliphatic heterocycles. The summed E-state index contributed by atoms with van der Waals surface area (Å²) in [5, 5.41) is 5.24. The van der Waals surface area contributed by atoms with Crippen molar-refractivity contribution in [3.05, 3.63) is 144 Å². The van der Waals surface area contributed by atoms with Crippen LogP contribution in [0.15, 0.2) is 121 Å². The van der Waals surface area contributed by atoms with Gasteiger partial charge in [0.1, 0.15) is 0 Å². The van der Waals surface area contributed by atoms with Crippen molar-refractivity contribution in [3.63, 3.8) is 0 Å². The average Bonchev–Trinajstić information content (AvgIpc) is 3.17. The third-order valence-electron chi connectivity index (χ3n) is 8.36. The molecule has 0 spiro atoms. The number of hydrogen-bond acceptors (Lipinski definition) is 0. The van der Waals surface area contributed by atoms with E-state index in [1.54, 1.807) is 0 Å². The molecule has 0 fully saturated rings. The molecule has 0 saturated heterocycles. The standard InChI is InChI=1S/C37H30/c1-37(2)35-23-26(15-14-25-16-18-27-8-3-4-10-29(27)22-25)17-20-33(35)34-21-19-30(24-36(34)37)32-13-7-11-28-9-5-6-12-31(28)32/h3-13,16-24H,14-15H2,1-2H3. The van der Waals surface area contributed by atoms with Crippen LogP contribution in [0.25, 0.3) is 43.8 Å². The Morgan fingerprint density at radius 2 is 1.08 bits per heavy atom. The van der Waals surface area contributed by atoms with E-state index < -0.39 is 0 Å². The summed E-state index contributed by atoms with van der Waals surface area (Å²) >= 11 is 0. The van der Waals surface area contributed by atoms with Gasteiger partial charge < -0.3 is 0 Å². The number of aryl methyl sites for hydroxylation is 2. The van der Waals surface area contributed by atoms with E-state index in [1.807, 2.05) is 0 Å². The molecule has 7 rings (SSSR count). The van der Waals surface area contributed by atoms with Gasteiger partial charge in [-0.3, -0.25) is 0 Å². The molecule has 0 heterocycles. The Morgan fingerprint density at radius 1 is 0.459 bits per heavy atom. The molecular weight excluding hydrogens is 444 g/mol. The van der Waals surface area contributed by atoms with Gasteiger partial charge in [-0.15, -0.1) is 0 Å². The van der Waals surface area contributed by atoms with Crippen LogP contribution in [0.5, 0.6) is 0 Å². The molecule has 6 aromatic rings. The van der Waals surface area contributed by atoms with Crippen LogP contribution >= 0.6 is 0 Å². The SMILES string of the molecule is CC1(C)c2cc(CCc3ccc4ccccc4c3)ccc2-c2ccc(-c3cccc4ccccc34)cc21. The highest BCUT2D eigenvalue weighted by Crippen LogP contribution is 2.50. The third-order valence-corrected chi connectivity index (χ3v) is 8.36. The minimum absolute atomic E-state index is 0.0236. The van der Waals surface area contributed by atoms with Crippen LogP contribution < -0.4 is 0 Å². The van der Waals surface area contributed by atoms with Gasteiger partial charge in [0.05, 0.1) is 0 Å². The van der Waals surface area contributed by atoms with Crippen LogP contribution in [0, 0.1) is 0 Å². The summed E-state index contributed by atoms with van der Waals surface area (Å²) in [6.45, 7) is 4.77. The Labute approximate surface area is 219 Å². The smallest absolute Gasteiger partial charge is 0.0159 e. The average molecular weight is 475 g/mol. The first-order chi connectivity index (χ1) is 18.1. The van der Waals surface area contributed by atoms with Gasteiger partial charge in [-0.2, -0.15) is 0 Å². The first-order valence-electron chi connectivity index (χ1n) is 13.3. The van der Waals surface area contributed by atoms with Crippen molar-refractivity contribution in [1.29, 1.82) is 0 Å². The van der Waals surface area contributed by atoms with Crippen molar-refractivity contribution < 1.29 is 0 Å². The molecule has 0 aromatic heterocycles. The second-order valence-corrected chi connectivity index (χ2v) is 11.0. The van der Waals surface area contributed by atoms with Crippen LogP contribution in [0.2, 0.25) is 0 Å². The Kier molecular flexibility index (Phi) is 5.04. The molecule has 0 N–H and O–H groups in total. The summed E-state index contributed by atoms with van der Waals surface area (Å²) in [6, 6.07) is 45.1. The van der Waals surface area contributed by atoms with Crippen molar-refractivity contribution in [2.75, 3.05) is 0 Å². The van der Waals surface area contributed by atoms with Gasteiger partial charge in [-0.1, -0.05) is 129 Å². The largest absolute Gasteiger partial charge is 0.0616 e. The fourth-order valence-electron chi connectivity index (χ4n) is 6.27. The Bertz CT molecular complexity index is 1800. The maximum absolute atomic E-state index is 2.47. The maximum Gasteiger partial charge on any atom is 0.0159 e. The monoisotopic (exact) mass is 474 g/mol. The molecular formula is C37H30. The van der Waals surface area contributed by atoms with E-state index in [-0.39, 0.29) is 5.41 Å². The molecule has 0 nitrogen and oxygen atoms in total. The highest BCUT2D eigenvalue weighted by molar-refractivity contribution is 5.97. The summed E-state index contributed by atoms with van der Waals surface area (Å²) in [4.78, 5) is 0. The summed E-state index contributed by atoms with van der Waals surface area (Å²) in [5.41, 5.74) is 11.1. The zero-order chi connectivity index (χ0) is 25.0. The summed E-state index contributed by atoms with van der Waals surface area (Å²) in [5.74, 6) is 0. The molecule has 37 heavy (non-hydrogen) atoms. The molecule has 0 bridgehead atoms. The second kappa shape index (κ2) is 8.46. The van der Waals surface area contributed by atoms with E-state index in [0.29, 0.717) is 0 Å². The lowest BCUT2D eigenvalue weighted by Gasteiger charge is -2.23. The lowest BCUT2D eigenvalue weighted by Crippen LogP contribution is -2.15. The normalized spacial score (nSPS) is 13.6. The summed E-state index contributed by atoms with van der Waals surface area (Å²) in [6.07, 6.45) is 2.11. The Balaban J connectivity index is 1.21. The Morgan fingerprint density at radius 3 is 1.92 bits per heavy atom. The van der Waals surface area contributed by atoms with Crippen LogP contribution in [0.1, 0.15) is 36.1 Å². The quantitative estimate of drug-likeness (QED) is 0.238. The number of rotatable bonds is 4. The van der Waals surface area contributed by atoms with E-state index in [1.165, 1.54) is 66.1 Å². The lowest BCUT2D eigenvalue weighted by atomic mass is 9.80. The molecule has 0 amide bonds. The van der Waals surface area contributed by atoms with E-state index in [4.69, 9.17) is 0 Å². The van der Waals surface area contributed by atoms with Crippen molar-refractivity contribution in [2.45, 2.75) is 32.1 Å². The van der Waals surface area contributed by atoms with Crippen LogP contribution in [-0.2, 0) is 18.3 Å². The van der Waals surface area contributed by atoms with E-state index in [2.05, 4.69) is 135 Å². The van der Waals surface area contributed by atoms with E-state index in [9.17, 15) is 0 Å². The zero-order valence-corrected chi connectivity index (χ0v) is 21.5. The van der Waals surface area contributed by atoms with Gasteiger partial charge in [-0.25, -0.2) is 0 Å². The van der Waals surface area contributed by atoms with Gasteiger partial charge >= 0.3 is 0 Å². The minimum Gasteiger partial charge on any atom is -0.0616 e. The lowest BCUT2D eigenvalue weighted by molar-refractivity contribution is 0.659. The molecule has 6 aromatic carbocycles. The van der Waals surface area contributed by atoms with Crippen LogP contribution in [0.3, 0.4) is 0 Å². The molecule has 0 heteroatoms. The van der Waals surface area contributed by atoms with Crippen LogP contribution in [0.4, 0.5) is 0 Å². The molecule has 0 unspecified atom stereocenters. The highest BCUT2D eigenvalue weighted by Gasteiger charge is 2.35. The van der Waals surface area contributed by atoms with Crippen molar-refractivity contribution in [2.24, 2.45) is 0 Å². The van der Waals surface area contributed by atoms with Gasteiger partial charge in [0.15, 0.2) is 0 Å². The molecule has 1 aliphatic carbocycles. The van der Waals surface area contributed by atoms with Gasteiger partial charge in [0.25, 0.3) is 0 Å². The first kappa shape index (κ1) is 22.1. The topological polar surface area (TPSA) is 0 Å². The first-order valence-corrected chi connectivity index (χ1v) is 13.3. The number of hydrogen-bond donors (Lipinski definition) is 0. The Hall–Kier alpha value is -4.16. The van der Waals surface area contributed by atoms with Gasteiger partial charge in [-0.05, 0) is 85.0 Å². The molecule has 1 aliphatic rings. The molecule has 0 radical (unpaired) electrons. The van der Waals surface area contributed by atoms with Crippen molar-refractivity contribution >= 4 is 21.5 Å². The number of fused-ring (bicyclic) bond motifs is 5. The van der Waals surface area contributed by atoms with E-state index in [0.717, 1.165) is 12.8 Å². The van der Waals surface area contributed by atoms with E-state index >= 15 is 0 Å². The minimum atomic E-state index is -0.0236. The molecule has 178 valence electrons. The van der Waals surface area contributed by atoms with Gasteiger partial charge in [0.2, 0.25) is 0 Å². The summed E-state index contributed by atoms with van der Waals surface area (Å²) in [7, 11) is 0. The van der Waals surface area contributed by atoms with Gasteiger partial charge in [0, 0.05) is 5.41 Å². The highest BCUT2D eigenvalue weighted by atomic mass is 14.4. The molecule has 0 atom stereocenters. The third kappa shape index (κ3) is 3.67. The summed E-state index contributed by atoms with van der Waals surface area (Å²) < 4.78 is 0. The fraction of sp³-hybridized carbons (Fsp3) is 0.135. The maximum atomic E-state index is 2.47. The predicted octanol–water partition coefficient (Wildman–Crippen LogP) is 9.75. The zero-order valence-electron chi connectivity index (χ0n) is 21.5. The molecule has 0 saturated carbocycles. The van der Waals surface area contributed by atoms with Crippen LogP contribution in [-0.4, -0.2) is 0 Å². The predicted molar refractivity (Wildman–Crippen MR) is 158 cm³/mol. The number of benzene rings is 6. The fourth-order valence-corrected chi connectivity index (χ4v) is 6.27.